The van der Waals surface area contributed by atoms with Crippen molar-refractivity contribution in [1.82, 2.24) is 15.1 Å². The number of amides is 4. The first kappa shape index (κ1) is 25.5. The normalized spacial score (nSPS) is 17.3. The SMILES string of the molecule is COc1cccc(C(=O)N[C@H](C(=O)N2CCCCC2)C2CCN(C(=O)Nc3ccc(C)cc3)CC2)c1. The highest BCUT2D eigenvalue weighted by Crippen LogP contribution is 2.25. The van der Waals surface area contributed by atoms with E-state index >= 15 is 0 Å². The summed E-state index contributed by atoms with van der Waals surface area (Å²) < 4.78 is 5.25. The lowest BCUT2D eigenvalue weighted by Gasteiger charge is -2.38. The number of nitrogens with zero attached hydrogens (tertiary/aromatic N) is 2. The van der Waals surface area contributed by atoms with Gasteiger partial charge in [-0.15, -0.1) is 0 Å². The van der Waals surface area contributed by atoms with Crippen LogP contribution in [0.15, 0.2) is 48.5 Å². The molecule has 0 unspecified atom stereocenters. The van der Waals surface area contributed by atoms with Gasteiger partial charge in [0.05, 0.1) is 7.11 Å². The monoisotopic (exact) mass is 492 g/mol. The number of methoxy groups -OCH3 is 1. The number of nitrogens with one attached hydrogen (secondary N) is 2. The van der Waals surface area contributed by atoms with E-state index in [-0.39, 0.29) is 23.8 Å². The maximum atomic E-state index is 13.6. The first-order valence-electron chi connectivity index (χ1n) is 12.8. The molecule has 0 saturated carbocycles. The number of anilines is 1. The highest BCUT2D eigenvalue weighted by atomic mass is 16.5. The Morgan fingerprint density at radius 3 is 2.28 bits per heavy atom. The largest absolute Gasteiger partial charge is 0.497 e. The minimum atomic E-state index is -0.621. The van der Waals surface area contributed by atoms with Crippen LogP contribution in [0.4, 0.5) is 10.5 Å². The van der Waals surface area contributed by atoms with Gasteiger partial charge in [0.1, 0.15) is 11.8 Å². The zero-order valence-electron chi connectivity index (χ0n) is 21.2. The predicted molar refractivity (Wildman–Crippen MR) is 139 cm³/mol. The molecule has 4 amide bonds. The van der Waals surface area contributed by atoms with E-state index in [4.69, 9.17) is 4.74 Å². The van der Waals surface area contributed by atoms with Crippen LogP contribution in [0.2, 0.25) is 0 Å². The van der Waals surface area contributed by atoms with Crippen LogP contribution in [-0.4, -0.2) is 67.0 Å². The third-order valence-electron chi connectivity index (χ3n) is 7.15. The number of likely N-dealkylation sites (tertiary alicyclic amines) is 2. The topological polar surface area (TPSA) is 91.0 Å². The molecule has 192 valence electrons. The van der Waals surface area contributed by atoms with Crippen molar-refractivity contribution in [3.63, 3.8) is 0 Å². The Hall–Kier alpha value is -3.55. The summed E-state index contributed by atoms with van der Waals surface area (Å²) in [6.45, 7) is 4.51. The van der Waals surface area contributed by atoms with E-state index in [1.165, 1.54) is 0 Å². The molecule has 1 atom stereocenters. The van der Waals surface area contributed by atoms with Gasteiger partial charge in [-0.1, -0.05) is 23.8 Å². The number of hydrogen-bond acceptors (Lipinski definition) is 4. The van der Waals surface area contributed by atoms with E-state index in [0.717, 1.165) is 43.6 Å². The van der Waals surface area contributed by atoms with Crippen molar-refractivity contribution >= 4 is 23.5 Å². The Kier molecular flexibility index (Phi) is 8.46. The molecule has 2 heterocycles. The number of ether oxygens (including phenoxy) is 1. The molecule has 2 aromatic carbocycles. The summed E-state index contributed by atoms with van der Waals surface area (Å²) in [4.78, 5) is 43.2. The summed E-state index contributed by atoms with van der Waals surface area (Å²) in [6.07, 6.45) is 4.38. The van der Waals surface area contributed by atoms with Crippen molar-refractivity contribution in [3.05, 3.63) is 59.7 Å². The number of piperidine rings is 2. The highest BCUT2D eigenvalue weighted by Gasteiger charge is 2.36. The first-order valence-corrected chi connectivity index (χ1v) is 12.8. The standard InChI is InChI=1S/C28H36N4O4/c1-20-9-11-23(12-10-20)29-28(35)32-17-13-21(14-18-32)25(27(34)31-15-4-3-5-16-31)30-26(33)22-7-6-8-24(19-22)36-2/h6-12,19,21,25H,3-5,13-18H2,1-2H3,(H,29,35)(H,30,33)/t25-/m0/s1. The molecule has 0 bridgehead atoms. The second kappa shape index (κ2) is 11.9. The van der Waals surface area contributed by atoms with Crippen molar-refractivity contribution < 1.29 is 19.1 Å². The summed E-state index contributed by atoms with van der Waals surface area (Å²) >= 11 is 0. The van der Waals surface area contributed by atoms with Crippen molar-refractivity contribution in [2.45, 2.75) is 45.1 Å². The smallest absolute Gasteiger partial charge is 0.321 e. The van der Waals surface area contributed by atoms with Gasteiger partial charge in [-0.3, -0.25) is 9.59 Å². The van der Waals surface area contributed by atoms with Gasteiger partial charge in [-0.05, 0) is 75.3 Å². The summed E-state index contributed by atoms with van der Waals surface area (Å²) in [6, 6.07) is 13.9. The number of urea groups is 1. The van der Waals surface area contributed by atoms with Gasteiger partial charge in [-0.2, -0.15) is 0 Å². The molecule has 36 heavy (non-hydrogen) atoms. The second-order valence-electron chi connectivity index (χ2n) is 9.69. The minimum Gasteiger partial charge on any atom is -0.497 e. The highest BCUT2D eigenvalue weighted by molar-refractivity contribution is 5.98. The Morgan fingerprint density at radius 2 is 1.61 bits per heavy atom. The van der Waals surface area contributed by atoms with E-state index in [9.17, 15) is 14.4 Å². The van der Waals surface area contributed by atoms with Gasteiger partial charge in [0.2, 0.25) is 5.91 Å². The number of carbonyl (C=O) groups excluding carboxylic acids is 3. The fraction of sp³-hybridized carbons (Fsp3) is 0.464. The Bertz CT molecular complexity index is 1060. The number of carbonyl (C=O) groups is 3. The number of aryl methyl sites for hydroxylation is 1. The van der Waals surface area contributed by atoms with Crippen molar-refractivity contribution in [3.8, 4) is 5.75 Å². The van der Waals surface area contributed by atoms with E-state index in [1.807, 2.05) is 36.1 Å². The van der Waals surface area contributed by atoms with Gasteiger partial charge < -0.3 is 25.2 Å². The van der Waals surface area contributed by atoms with E-state index in [2.05, 4.69) is 10.6 Å². The van der Waals surface area contributed by atoms with Crippen LogP contribution in [0.1, 0.15) is 48.0 Å². The van der Waals surface area contributed by atoms with Crippen molar-refractivity contribution in [2.24, 2.45) is 5.92 Å². The minimum absolute atomic E-state index is 0.0199. The Labute approximate surface area is 213 Å². The lowest BCUT2D eigenvalue weighted by molar-refractivity contribution is -0.136. The third-order valence-corrected chi connectivity index (χ3v) is 7.15. The summed E-state index contributed by atoms with van der Waals surface area (Å²) in [5, 5.41) is 5.99. The number of benzene rings is 2. The lowest BCUT2D eigenvalue weighted by atomic mass is 9.88. The van der Waals surface area contributed by atoms with Gasteiger partial charge >= 0.3 is 6.03 Å². The van der Waals surface area contributed by atoms with Crippen LogP contribution in [0.5, 0.6) is 5.75 Å². The quantitative estimate of drug-likeness (QED) is 0.636. The van der Waals surface area contributed by atoms with Crippen LogP contribution in [0, 0.1) is 12.8 Å². The molecule has 8 nitrogen and oxygen atoms in total. The molecule has 2 fully saturated rings. The lowest BCUT2D eigenvalue weighted by Crippen LogP contribution is -2.55. The number of hydrogen-bond donors (Lipinski definition) is 2. The van der Waals surface area contributed by atoms with Crippen LogP contribution >= 0.6 is 0 Å². The Morgan fingerprint density at radius 1 is 0.917 bits per heavy atom. The third kappa shape index (κ3) is 6.36. The van der Waals surface area contributed by atoms with Crippen LogP contribution in [-0.2, 0) is 4.79 Å². The maximum Gasteiger partial charge on any atom is 0.321 e. The molecular formula is C28H36N4O4. The van der Waals surface area contributed by atoms with Gasteiger partial charge in [0.15, 0.2) is 0 Å². The van der Waals surface area contributed by atoms with Gasteiger partial charge in [0, 0.05) is 37.4 Å². The van der Waals surface area contributed by atoms with Crippen molar-refractivity contribution in [1.29, 1.82) is 0 Å². The molecule has 4 rings (SSSR count). The summed E-state index contributed by atoms with van der Waals surface area (Å²) in [7, 11) is 1.56. The molecule has 0 radical (unpaired) electrons. The molecule has 0 aliphatic carbocycles. The molecule has 2 aliphatic rings. The fourth-order valence-electron chi connectivity index (χ4n) is 4.96. The summed E-state index contributed by atoms with van der Waals surface area (Å²) in [5.74, 6) is 0.240. The first-order chi connectivity index (χ1) is 17.4. The van der Waals surface area contributed by atoms with Gasteiger partial charge in [0.25, 0.3) is 5.91 Å². The van der Waals surface area contributed by atoms with Crippen LogP contribution < -0.4 is 15.4 Å². The molecular weight excluding hydrogens is 456 g/mol. The molecule has 2 aromatic rings. The molecule has 2 N–H and O–H groups in total. The average molecular weight is 493 g/mol. The summed E-state index contributed by atoms with van der Waals surface area (Å²) in [5.41, 5.74) is 2.35. The molecule has 2 saturated heterocycles. The molecule has 8 heteroatoms. The van der Waals surface area contributed by atoms with Gasteiger partial charge in [-0.25, -0.2) is 4.79 Å². The van der Waals surface area contributed by atoms with E-state index in [0.29, 0.717) is 37.2 Å². The second-order valence-corrected chi connectivity index (χ2v) is 9.69. The van der Waals surface area contributed by atoms with Crippen LogP contribution in [0.25, 0.3) is 0 Å². The molecule has 2 aliphatic heterocycles. The maximum absolute atomic E-state index is 13.6. The van der Waals surface area contributed by atoms with Crippen LogP contribution in [0.3, 0.4) is 0 Å². The number of rotatable bonds is 6. The zero-order chi connectivity index (χ0) is 25.5. The fourth-order valence-corrected chi connectivity index (χ4v) is 4.96. The van der Waals surface area contributed by atoms with E-state index < -0.39 is 6.04 Å². The molecule has 0 aromatic heterocycles. The molecule has 0 spiro atoms. The van der Waals surface area contributed by atoms with Crippen molar-refractivity contribution in [2.75, 3.05) is 38.6 Å². The Balaban J connectivity index is 1.42. The average Bonchev–Trinajstić information content (AvgIpc) is 2.93. The zero-order valence-corrected chi connectivity index (χ0v) is 21.2. The van der Waals surface area contributed by atoms with E-state index in [1.54, 1.807) is 36.3 Å². The predicted octanol–water partition coefficient (Wildman–Crippen LogP) is 4.06.